The maximum atomic E-state index is 12.5. The minimum atomic E-state index is -0.564. The van der Waals surface area contributed by atoms with E-state index in [9.17, 15) is 9.59 Å². The molecule has 0 bridgehead atoms. The fourth-order valence-electron chi connectivity index (χ4n) is 5.57. The Labute approximate surface area is 235 Å². The maximum Gasteiger partial charge on any atom is 0.407 e. The van der Waals surface area contributed by atoms with Crippen molar-refractivity contribution in [1.82, 2.24) is 10.7 Å². The Morgan fingerprint density at radius 2 is 1.80 bits per heavy atom. The fraction of sp³-hybridized carbons (Fsp3) is 0.469. The molecule has 5 rings (SSSR count). The van der Waals surface area contributed by atoms with Crippen molar-refractivity contribution in [3.8, 4) is 16.9 Å². The highest BCUT2D eigenvalue weighted by Gasteiger charge is 2.37. The van der Waals surface area contributed by atoms with Gasteiger partial charge in [-0.1, -0.05) is 36.8 Å². The molecule has 0 unspecified atom stereocenters. The number of alkyl carbamates (subject to hydrolysis) is 1. The van der Waals surface area contributed by atoms with E-state index in [0.717, 1.165) is 47.9 Å². The average Bonchev–Trinajstić information content (AvgIpc) is 2.93. The van der Waals surface area contributed by atoms with Gasteiger partial charge in [-0.05, 0) is 88.5 Å². The summed E-state index contributed by atoms with van der Waals surface area (Å²) in [5.74, 6) is 0.623. The molecule has 2 amide bonds. The first kappa shape index (κ1) is 27.7. The molecular weight excluding hydrogens is 506 g/mol. The van der Waals surface area contributed by atoms with Crippen LogP contribution in [0.25, 0.3) is 22.1 Å². The molecule has 1 saturated carbocycles. The van der Waals surface area contributed by atoms with Gasteiger partial charge in [-0.2, -0.15) is 0 Å². The predicted octanol–water partition coefficient (Wildman–Crippen LogP) is 6.36. The van der Waals surface area contributed by atoms with E-state index in [1.54, 1.807) is 20.8 Å². The second kappa shape index (κ2) is 11.7. The number of amides is 2. The Morgan fingerprint density at radius 1 is 1.02 bits per heavy atom. The lowest BCUT2D eigenvalue weighted by Crippen LogP contribution is -2.41. The second-order valence-corrected chi connectivity index (χ2v) is 11.8. The van der Waals surface area contributed by atoms with Crippen LogP contribution in [0, 0.1) is 0 Å². The van der Waals surface area contributed by atoms with Gasteiger partial charge in [-0.25, -0.2) is 10.2 Å². The van der Waals surface area contributed by atoms with E-state index in [4.69, 9.17) is 13.9 Å². The predicted molar refractivity (Wildman–Crippen MR) is 154 cm³/mol. The summed E-state index contributed by atoms with van der Waals surface area (Å²) in [7, 11) is 0. The number of carbonyl (C=O) groups excluding carboxylic acids is 2. The molecule has 2 aromatic carbocycles. The lowest BCUT2D eigenvalue weighted by atomic mass is 9.79. The van der Waals surface area contributed by atoms with Crippen molar-refractivity contribution in [2.24, 2.45) is 5.10 Å². The highest BCUT2D eigenvalue weighted by Crippen LogP contribution is 2.43. The van der Waals surface area contributed by atoms with E-state index in [0.29, 0.717) is 24.1 Å². The van der Waals surface area contributed by atoms with Crippen LogP contribution < -0.4 is 21.0 Å². The fourth-order valence-corrected chi connectivity index (χ4v) is 5.57. The Morgan fingerprint density at radius 3 is 2.55 bits per heavy atom. The van der Waals surface area contributed by atoms with E-state index >= 15 is 0 Å². The SMILES string of the molecule is CC(C)(C)OC(=O)NCCCC(=O)NN=c1cc(-c2ccccc2)c2cc3c(cc2o1)OC1(CCCCC1)CC3. The largest absolute Gasteiger partial charge is 0.487 e. The van der Waals surface area contributed by atoms with Crippen molar-refractivity contribution in [3.63, 3.8) is 0 Å². The number of rotatable bonds is 6. The number of hydrogen-bond acceptors (Lipinski definition) is 6. The van der Waals surface area contributed by atoms with Gasteiger partial charge in [-0.3, -0.25) is 4.79 Å². The molecule has 0 atom stereocenters. The molecule has 40 heavy (non-hydrogen) atoms. The third-order valence-corrected chi connectivity index (χ3v) is 7.50. The van der Waals surface area contributed by atoms with Crippen LogP contribution in [0.15, 0.2) is 58.0 Å². The molecule has 2 N–H and O–H groups in total. The van der Waals surface area contributed by atoms with Gasteiger partial charge in [0.25, 0.3) is 0 Å². The van der Waals surface area contributed by atoms with Crippen molar-refractivity contribution < 1.29 is 23.5 Å². The second-order valence-electron chi connectivity index (χ2n) is 11.8. The van der Waals surface area contributed by atoms with Crippen LogP contribution in [-0.4, -0.2) is 29.7 Å². The molecule has 2 heterocycles. The summed E-state index contributed by atoms with van der Waals surface area (Å²) in [5, 5.41) is 7.93. The first-order valence-corrected chi connectivity index (χ1v) is 14.3. The number of benzene rings is 2. The minimum absolute atomic E-state index is 0.0600. The molecule has 1 fully saturated rings. The van der Waals surface area contributed by atoms with Crippen molar-refractivity contribution >= 4 is 23.0 Å². The van der Waals surface area contributed by atoms with Crippen LogP contribution in [0.1, 0.15) is 77.7 Å². The summed E-state index contributed by atoms with van der Waals surface area (Å²) in [6.45, 7) is 5.74. The van der Waals surface area contributed by atoms with Crippen LogP contribution in [0.5, 0.6) is 5.75 Å². The van der Waals surface area contributed by atoms with Crippen molar-refractivity contribution in [2.75, 3.05) is 6.54 Å². The smallest absolute Gasteiger partial charge is 0.407 e. The third-order valence-electron chi connectivity index (χ3n) is 7.50. The molecular formula is C32H39N3O5. The van der Waals surface area contributed by atoms with Gasteiger partial charge >= 0.3 is 6.09 Å². The quantitative estimate of drug-likeness (QED) is 0.277. The van der Waals surface area contributed by atoms with Crippen LogP contribution in [0.4, 0.5) is 4.79 Å². The summed E-state index contributed by atoms with van der Waals surface area (Å²) in [5.41, 5.74) is 6.17. The lowest BCUT2D eigenvalue weighted by molar-refractivity contribution is -0.121. The molecule has 8 heteroatoms. The highest BCUT2D eigenvalue weighted by molar-refractivity contribution is 5.94. The standard InChI is InChI=1S/C32H39N3O5/c1-31(2,3)40-30(37)33-18-10-13-28(36)34-35-29-20-24(22-11-6-4-7-12-22)25-19-23-14-17-32(15-8-5-9-16-32)39-26(23)21-27(25)38-29/h4,6-7,11-12,19-21H,5,8-10,13-18H2,1-3H3,(H,33,37)(H,34,36). The van der Waals surface area contributed by atoms with Gasteiger partial charge < -0.3 is 19.2 Å². The van der Waals surface area contributed by atoms with Gasteiger partial charge in [0, 0.05) is 30.5 Å². The van der Waals surface area contributed by atoms with E-state index in [1.807, 2.05) is 30.3 Å². The van der Waals surface area contributed by atoms with Crippen molar-refractivity contribution in [2.45, 2.75) is 89.8 Å². The normalized spacial score (nSPS) is 16.7. The van der Waals surface area contributed by atoms with E-state index < -0.39 is 11.7 Å². The summed E-state index contributed by atoms with van der Waals surface area (Å²) in [6.07, 6.45) is 8.11. The van der Waals surface area contributed by atoms with Crippen molar-refractivity contribution in [1.29, 1.82) is 0 Å². The molecule has 3 aromatic rings. The Kier molecular flexibility index (Phi) is 8.14. The molecule has 212 valence electrons. The van der Waals surface area contributed by atoms with E-state index in [1.165, 1.54) is 24.8 Å². The highest BCUT2D eigenvalue weighted by atomic mass is 16.6. The van der Waals surface area contributed by atoms with Crippen LogP contribution in [-0.2, 0) is 16.0 Å². The summed E-state index contributed by atoms with van der Waals surface area (Å²) < 4.78 is 18.0. The Hall–Kier alpha value is -3.81. The molecule has 1 aromatic heterocycles. The van der Waals surface area contributed by atoms with E-state index in [2.05, 4.69) is 34.0 Å². The first-order valence-electron chi connectivity index (χ1n) is 14.3. The van der Waals surface area contributed by atoms with E-state index in [-0.39, 0.29) is 17.9 Å². The number of ether oxygens (including phenoxy) is 2. The summed E-state index contributed by atoms with van der Waals surface area (Å²) in [4.78, 5) is 24.2. The molecule has 1 aliphatic heterocycles. The van der Waals surface area contributed by atoms with Crippen molar-refractivity contribution in [3.05, 3.63) is 59.6 Å². The number of carbonyl (C=O) groups is 2. The van der Waals surface area contributed by atoms with Crippen LogP contribution >= 0.6 is 0 Å². The van der Waals surface area contributed by atoms with Gasteiger partial charge in [0.05, 0.1) is 0 Å². The van der Waals surface area contributed by atoms with Gasteiger partial charge in [0.15, 0.2) is 0 Å². The number of hydrogen-bond donors (Lipinski definition) is 2. The monoisotopic (exact) mass is 545 g/mol. The molecule has 0 radical (unpaired) electrons. The zero-order valence-corrected chi connectivity index (χ0v) is 23.7. The lowest BCUT2D eigenvalue weighted by Gasteiger charge is -2.41. The number of aryl methyl sites for hydroxylation is 1. The number of nitrogens with zero attached hydrogens (tertiary/aromatic N) is 1. The zero-order chi connectivity index (χ0) is 28.2. The zero-order valence-electron chi connectivity index (χ0n) is 23.7. The van der Waals surface area contributed by atoms with Gasteiger partial charge in [0.1, 0.15) is 22.5 Å². The number of fused-ring (bicyclic) bond motifs is 2. The summed E-state index contributed by atoms with van der Waals surface area (Å²) >= 11 is 0. The topological polar surface area (TPSA) is 102 Å². The van der Waals surface area contributed by atoms with Crippen LogP contribution in [0.3, 0.4) is 0 Å². The molecule has 2 aliphatic rings. The Bertz CT molecular complexity index is 1430. The third kappa shape index (κ3) is 6.84. The Balaban J connectivity index is 1.35. The maximum absolute atomic E-state index is 12.5. The minimum Gasteiger partial charge on any atom is -0.487 e. The van der Waals surface area contributed by atoms with Gasteiger partial charge in [0.2, 0.25) is 11.5 Å². The number of nitrogens with one attached hydrogen (secondary N) is 2. The van der Waals surface area contributed by atoms with Crippen LogP contribution in [0.2, 0.25) is 0 Å². The average molecular weight is 546 g/mol. The molecule has 0 saturated heterocycles. The van der Waals surface area contributed by atoms with Gasteiger partial charge in [-0.15, -0.1) is 5.10 Å². The molecule has 8 nitrogen and oxygen atoms in total. The molecule has 1 spiro atoms. The first-order chi connectivity index (χ1) is 19.2. The summed E-state index contributed by atoms with van der Waals surface area (Å²) in [6, 6.07) is 16.2. The molecule has 1 aliphatic carbocycles.